The Morgan fingerprint density at radius 3 is 2.57 bits per heavy atom. The third-order valence-corrected chi connectivity index (χ3v) is 5.14. The van der Waals surface area contributed by atoms with Gasteiger partial charge in [0.2, 0.25) is 0 Å². The third kappa shape index (κ3) is 4.86. The molecule has 2 amide bonds. The number of aromatic nitrogens is 2. The van der Waals surface area contributed by atoms with Crippen molar-refractivity contribution in [2.75, 3.05) is 5.32 Å². The van der Waals surface area contributed by atoms with Crippen molar-refractivity contribution in [3.63, 3.8) is 0 Å². The van der Waals surface area contributed by atoms with E-state index in [2.05, 4.69) is 31.5 Å². The predicted molar refractivity (Wildman–Crippen MR) is 123 cm³/mol. The number of carbonyl (C=O) groups excluding carboxylic acids is 2. The smallest absolute Gasteiger partial charge is 0.272 e. The summed E-state index contributed by atoms with van der Waals surface area (Å²) in [6.07, 6.45) is 3.29. The molecule has 0 unspecified atom stereocenters. The van der Waals surface area contributed by atoms with Crippen molar-refractivity contribution < 1.29 is 9.59 Å². The van der Waals surface area contributed by atoms with Crippen LogP contribution in [0.3, 0.4) is 0 Å². The quantitative estimate of drug-likeness (QED) is 0.467. The highest BCUT2D eigenvalue weighted by Crippen LogP contribution is 2.28. The summed E-state index contributed by atoms with van der Waals surface area (Å²) in [6.45, 7) is 5.49. The van der Waals surface area contributed by atoms with Gasteiger partial charge in [0.25, 0.3) is 11.8 Å². The van der Waals surface area contributed by atoms with E-state index in [1.165, 1.54) is 6.07 Å². The first-order valence-electron chi connectivity index (χ1n) is 9.08. The highest BCUT2D eigenvalue weighted by atomic mass is 79.9. The van der Waals surface area contributed by atoms with Crippen LogP contribution in [0.5, 0.6) is 0 Å². The molecule has 9 heteroatoms. The van der Waals surface area contributed by atoms with Crippen molar-refractivity contribution in [1.82, 2.24) is 14.9 Å². The van der Waals surface area contributed by atoms with E-state index in [1.54, 1.807) is 48.1 Å². The van der Waals surface area contributed by atoms with Gasteiger partial charge in [-0.1, -0.05) is 23.2 Å². The van der Waals surface area contributed by atoms with E-state index >= 15 is 0 Å². The normalized spacial score (nSPS) is 10.9. The second-order valence-electron chi connectivity index (χ2n) is 6.95. The van der Waals surface area contributed by atoms with E-state index < -0.39 is 5.91 Å². The summed E-state index contributed by atoms with van der Waals surface area (Å²) in [5, 5.41) is 6.48. The molecule has 30 heavy (non-hydrogen) atoms. The van der Waals surface area contributed by atoms with Crippen LogP contribution in [0, 0.1) is 6.92 Å². The molecule has 156 valence electrons. The van der Waals surface area contributed by atoms with Gasteiger partial charge in [-0.15, -0.1) is 0 Å². The number of benzene rings is 1. The summed E-state index contributed by atoms with van der Waals surface area (Å²) in [5.74, 6) is -0.331. The van der Waals surface area contributed by atoms with Gasteiger partial charge in [-0.25, -0.2) is 4.98 Å². The van der Waals surface area contributed by atoms with Gasteiger partial charge < -0.3 is 10.6 Å². The standard InChI is InChI=1S/C21H19BrCl2N4O2/c1-11(2)26-20(29)15-9-14(23)7-12(3)18(15)27-21(30)17-8-13(22)10-28(17)19-16(24)5-4-6-25-19/h4-11H,1-3H3,(H,26,29)(H,27,30). The molecular weight excluding hydrogens is 491 g/mol. The Hall–Kier alpha value is -2.35. The van der Waals surface area contributed by atoms with E-state index in [-0.39, 0.29) is 17.5 Å². The number of nitrogens with zero attached hydrogens (tertiary/aromatic N) is 2. The van der Waals surface area contributed by atoms with Crippen molar-refractivity contribution in [2.45, 2.75) is 26.8 Å². The van der Waals surface area contributed by atoms with Crippen molar-refractivity contribution in [2.24, 2.45) is 0 Å². The fourth-order valence-corrected chi connectivity index (χ4v) is 3.85. The minimum absolute atomic E-state index is 0.0696. The highest BCUT2D eigenvalue weighted by molar-refractivity contribution is 9.10. The Bertz CT molecular complexity index is 1130. The van der Waals surface area contributed by atoms with Crippen LogP contribution in [0.15, 0.2) is 47.2 Å². The van der Waals surface area contributed by atoms with Crippen LogP contribution in [0.4, 0.5) is 5.69 Å². The third-order valence-electron chi connectivity index (χ3n) is 4.19. The molecule has 0 aliphatic heterocycles. The number of anilines is 1. The number of halogens is 3. The Kier molecular flexibility index (Phi) is 6.85. The number of pyridine rings is 1. The van der Waals surface area contributed by atoms with Crippen LogP contribution in [0.1, 0.15) is 40.3 Å². The maximum absolute atomic E-state index is 13.2. The Balaban J connectivity index is 2.02. The average Bonchev–Trinajstić information content (AvgIpc) is 3.05. The first kappa shape index (κ1) is 22.3. The van der Waals surface area contributed by atoms with Gasteiger partial charge in [0.15, 0.2) is 5.82 Å². The molecule has 0 saturated heterocycles. The maximum atomic E-state index is 13.2. The van der Waals surface area contributed by atoms with Gasteiger partial charge in [0.05, 0.1) is 16.3 Å². The molecule has 0 bridgehead atoms. The Morgan fingerprint density at radius 2 is 1.90 bits per heavy atom. The first-order chi connectivity index (χ1) is 14.2. The van der Waals surface area contributed by atoms with Gasteiger partial charge in [-0.05, 0) is 72.6 Å². The molecule has 0 radical (unpaired) electrons. The van der Waals surface area contributed by atoms with Crippen LogP contribution in [0.2, 0.25) is 10.0 Å². The number of aryl methyl sites for hydroxylation is 1. The fourth-order valence-electron chi connectivity index (χ4n) is 2.94. The van der Waals surface area contributed by atoms with E-state index in [1.807, 2.05) is 13.8 Å². The lowest BCUT2D eigenvalue weighted by molar-refractivity contribution is 0.0944. The summed E-state index contributed by atoms with van der Waals surface area (Å²) < 4.78 is 2.26. The molecule has 1 aromatic carbocycles. The number of carbonyl (C=O) groups is 2. The zero-order valence-corrected chi connectivity index (χ0v) is 19.6. The molecule has 0 atom stereocenters. The molecule has 3 rings (SSSR count). The van der Waals surface area contributed by atoms with Crippen LogP contribution in [0.25, 0.3) is 5.82 Å². The van der Waals surface area contributed by atoms with E-state index in [0.717, 1.165) is 0 Å². The molecule has 6 nitrogen and oxygen atoms in total. The molecule has 2 N–H and O–H groups in total. The Morgan fingerprint density at radius 1 is 1.17 bits per heavy atom. The van der Waals surface area contributed by atoms with E-state index in [9.17, 15) is 9.59 Å². The zero-order valence-electron chi connectivity index (χ0n) is 16.5. The van der Waals surface area contributed by atoms with Crippen LogP contribution in [-0.4, -0.2) is 27.4 Å². The molecule has 3 aromatic rings. The number of amides is 2. The van der Waals surface area contributed by atoms with Gasteiger partial charge in [0.1, 0.15) is 5.69 Å². The van der Waals surface area contributed by atoms with Crippen molar-refractivity contribution >= 4 is 56.6 Å². The number of rotatable bonds is 5. The monoisotopic (exact) mass is 508 g/mol. The first-order valence-corrected chi connectivity index (χ1v) is 10.6. The molecule has 0 saturated carbocycles. The maximum Gasteiger partial charge on any atom is 0.272 e. The number of hydrogen-bond acceptors (Lipinski definition) is 3. The molecule has 0 fully saturated rings. The number of hydrogen-bond donors (Lipinski definition) is 2. The molecule has 0 spiro atoms. The molecule has 2 aromatic heterocycles. The lowest BCUT2D eigenvalue weighted by Crippen LogP contribution is -2.31. The second kappa shape index (κ2) is 9.20. The van der Waals surface area contributed by atoms with Gasteiger partial charge in [0, 0.05) is 27.9 Å². The van der Waals surface area contributed by atoms with Crippen molar-refractivity contribution in [3.8, 4) is 5.82 Å². The lowest BCUT2D eigenvalue weighted by Gasteiger charge is -2.17. The summed E-state index contributed by atoms with van der Waals surface area (Å²) in [5.41, 5.74) is 1.64. The largest absolute Gasteiger partial charge is 0.350 e. The van der Waals surface area contributed by atoms with Crippen LogP contribution >= 0.6 is 39.1 Å². The summed E-state index contributed by atoms with van der Waals surface area (Å²) in [7, 11) is 0. The average molecular weight is 510 g/mol. The highest BCUT2D eigenvalue weighted by Gasteiger charge is 2.21. The molecular formula is C21H19BrCl2N4O2. The zero-order chi connectivity index (χ0) is 22.0. The minimum Gasteiger partial charge on any atom is -0.350 e. The SMILES string of the molecule is Cc1cc(Cl)cc(C(=O)NC(C)C)c1NC(=O)c1cc(Br)cn1-c1ncccc1Cl. The molecule has 0 aliphatic carbocycles. The summed E-state index contributed by atoms with van der Waals surface area (Å²) in [4.78, 5) is 30.1. The van der Waals surface area contributed by atoms with Crippen LogP contribution in [-0.2, 0) is 0 Å². The second-order valence-corrected chi connectivity index (χ2v) is 8.71. The molecule has 2 heterocycles. The van der Waals surface area contributed by atoms with Crippen molar-refractivity contribution in [3.05, 3.63) is 74.1 Å². The van der Waals surface area contributed by atoms with Crippen molar-refractivity contribution in [1.29, 1.82) is 0 Å². The van der Waals surface area contributed by atoms with E-state index in [4.69, 9.17) is 23.2 Å². The van der Waals surface area contributed by atoms with Gasteiger partial charge >= 0.3 is 0 Å². The van der Waals surface area contributed by atoms with Gasteiger partial charge in [-0.3, -0.25) is 14.2 Å². The minimum atomic E-state index is -0.425. The fraction of sp³-hybridized carbons (Fsp3) is 0.190. The summed E-state index contributed by atoms with van der Waals surface area (Å²) in [6, 6.07) is 8.21. The lowest BCUT2D eigenvalue weighted by atomic mass is 10.1. The number of nitrogens with one attached hydrogen (secondary N) is 2. The predicted octanol–water partition coefficient (Wildman–Crippen LogP) is 5.64. The summed E-state index contributed by atoms with van der Waals surface area (Å²) >= 11 is 15.8. The van der Waals surface area contributed by atoms with E-state index in [0.29, 0.717) is 37.3 Å². The van der Waals surface area contributed by atoms with Gasteiger partial charge in [-0.2, -0.15) is 0 Å². The Labute approximate surface area is 192 Å². The topological polar surface area (TPSA) is 76.0 Å². The van der Waals surface area contributed by atoms with Crippen LogP contribution < -0.4 is 10.6 Å². The molecule has 0 aliphatic rings.